The van der Waals surface area contributed by atoms with E-state index >= 15 is 0 Å². The minimum atomic E-state index is 0.496. The molecule has 6 nitrogen and oxygen atoms in total. The number of rotatable bonds is 5. The van der Waals surface area contributed by atoms with Gasteiger partial charge < -0.3 is 8.98 Å². The molecule has 6 aromatic carbocycles. The lowest BCUT2D eigenvalue weighted by Gasteiger charge is -2.10. The zero-order valence-electron chi connectivity index (χ0n) is 26.7. The van der Waals surface area contributed by atoms with Crippen LogP contribution in [0.15, 0.2) is 168 Å². The summed E-state index contributed by atoms with van der Waals surface area (Å²) in [6.07, 6.45) is 1.76. The van der Waals surface area contributed by atoms with Gasteiger partial charge >= 0.3 is 0 Å². The highest BCUT2D eigenvalue weighted by Gasteiger charge is 2.22. The van der Waals surface area contributed by atoms with Crippen molar-refractivity contribution >= 4 is 43.7 Å². The van der Waals surface area contributed by atoms with E-state index in [9.17, 15) is 0 Å². The predicted octanol–water partition coefficient (Wildman–Crippen LogP) is 10.9. The average Bonchev–Trinajstić information content (AvgIpc) is 3.75. The van der Waals surface area contributed by atoms with Crippen molar-refractivity contribution in [2.45, 2.75) is 0 Å². The Labute approximate surface area is 287 Å². The first-order chi connectivity index (χ1) is 24.8. The van der Waals surface area contributed by atoms with Crippen LogP contribution < -0.4 is 0 Å². The second-order valence-electron chi connectivity index (χ2n) is 12.3. The third kappa shape index (κ3) is 4.50. The van der Waals surface area contributed by atoms with Crippen LogP contribution in [0.1, 0.15) is 0 Å². The van der Waals surface area contributed by atoms with Gasteiger partial charge in [0.1, 0.15) is 16.9 Å². The largest absolute Gasteiger partial charge is 0.455 e. The predicted molar refractivity (Wildman–Crippen MR) is 201 cm³/mol. The number of fused-ring (bicyclic) bond motifs is 7. The Balaban J connectivity index is 1.23. The van der Waals surface area contributed by atoms with E-state index in [1.54, 1.807) is 6.20 Å². The molecule has 0 bridgehead atoms. The fourth-order valence-electron chi connectivity index (χ4n) is 7.06. The molecule has 10 rings (SSSR count). The Hall–Kier alpha value is -6.92. The molecule has 4 heterocycles. The van der Waals surface area contributed by atoms with Gasteiger partial charge in [-0.05, 0) is 65.7 Å². The minimum absolute atomic E-state index is 0.496. The number of benzene rings is 6. The summed E-state index contributed by atoms with van der Waals surface area (Å²) in [5.74, 6) is 1.58. The molecule has 0 aliphatic rings. The fraction of sp³-hybridized carbons (Fsp3) is 0. The number of para-hydroxylation sites is 3. The van der Waals surface area contributed by atoms with Gasteiger partial charge in [-0.3, -0.25) is 4.98 Å². The zero-order valence-corrected chi connectivity index (χ0v) is 26.7. The monoisotopic (exact) mass is 641 g/mol. The lowest BCUT2D eigenvalue weighted by Crippen LogP contribution is -2.01. The smallest absolute Gasteiger partial charge is 0.182 e. The summed E-state index contributed by atoms with van der Waals surface area (Å²) in [6, 6.07) is 53.9. The molecule has 6 heteroatoms. The van der Waals surface area contributed by atoms with E-state index in [2.05, 4.69) is 107 Å². The van der Waals surface area contributed by atoms with Crippen LogP contribution in [-0.4, -0.2) is 24.5 Å². The van der Waals surface area contributed by atoms with Gasteiger partial charge in [0.25, 0.3) is 0 Å². The molecule has 234 valence electrons. The first-order valence-corrected chi connectivity index (χ1v) is 16.6. The van der Waals surface area contributed by atoms with Crippen molar-refractivity contribution in [1.29, 1.82) is 0 Å². The quantitative estimate of drug-likeness (QED) is 0.187. The molecule has 0 saturated heterocycles. The summed E-state index contributed by atoms with van der Waals surface area (Å²) >= 11 is 0. The standard InChI is InChI=1S/C44H27N5O/c1-3-13-28(14-4-1)29-15-11-16-30(27-29)42-46-43(48-44(47-42)36-22-9-10-26-45-36)35-21-12-20-34-39-38(50-41(34)35)25-24-33-32-19-7-8-23-37(32)49(40(33)39)31-17-5-2-6-18-31/h1-27H. The number of aromatic nitrogens is 5. The normalized spacial score (nSPS) is 11.6. The second kappa shape index (κ2) is 11.4. The van der Waals surface area contributed by atoms with Crippen molar-refractivity contribution in [3.63, 3.8) is 0 Å². The summed E-state index contributed by atoms with van der Waals surface area (Å²) in [5, 5.41) is 4.41. The van der Waals surface area contributed by atoms with Gasteiger partial charge in [0, 0.05) is 33.6 Å². The van der Waals surface area contributed by atoms with E-state index in [1.165, 1.54) is 10.8 Å². The van der Waals surface area contributed by atoms with Gasteiger partial charge in [-0.2, -0.15) is 0 Å². The van der Waals surface area contributed by atoms with Gasteiger partial charge in [-0.1, -0.05) is 103 Å². The molecule has 4 aromatic heterocycles. The van der Waals surface area contributed by atoms with Gasteiger partial charge in [0.15, 0.2) is 17.5 Å². The van der Waals surface area contributed by atoms with Crippen molar-refractivity contribution in [2.75, 3.05) is 0 Å². The maximum Gasteiger partial charge on any atom is 0.182 e. The van der Waals surface area contributed by atoms with Crippen molar-refractivity contribution in [2.24, 2.45) is 0 Å². The first-order valence-electron chi connectivity index (χ1n) is 16.6. The number of hydrogen-bond donors (Lipinski definition) is 0. The van der Waals surface area contributed by atoms with E-state index in [1.807, 2.05) is 60.7 Å². The van der Waals surface area contributed by atoms with Crippen molar-refractivity contribution in [3.8, 4) is 51.1 Å². The molecule has 0 amide bonds. The van der Waals surface area contributed by atoms with Crippen LogP contribution in [-0.2, 0) is 0 Å². The molecule has 0 aliphatic heterocycles. The summed E-state index contributed by atoms with van der Waals surface area (Å²) in [6.45, 7) is 0. The fourth-order valence-corrected chi connectivity index (χ4v) is 7.06. The second-order valence-corrected chi connectivity index (χ2v) is 12.3. The highest BCUT2D eigenvalue weighted by atomic mass is 16.3. The molecule has 0 spiro atoms. The molecule has 50 heavy (non-hydrogen) atoms. The summed E-state index contributed by atoms with van der Waals surface area (Å²) < 4.78 is 9.11. The zero-order chi connectivity index (χ0) is 33.0. The van der Waals surface area contributed by atoms with E-state index in [4.69, 9.17) is 19.4 Å². The third-order valence-electron chi connectivity index (χ3n) is 9.31. The molecule has 0 saturated carbocycles. The minimum Gasteiger partial charge on any atom is -0.455 e. The maximum absolute atomic E-state index is 6.77. The van der Waals surface area contributed by atoms with Crippen molar-refractivity contribution in [1.82, 2.24) is 24.5 Å². The highest BCUT2D eigenvalue weighted by molar-refractivity contribution is 6.25. The van der Waals surface area contributed by atoms with E-state index in [0.717, 1.165) is 60.9 Å². The summed E-state index contributed by atoms with van der Waals surface area (Å²) in [4.78, 5) is 19.7. The molecule has 0 aliphatic carbocycles. The van der Waals surface area contributed by atoms with Gasteiger partial charge in [0.05, 0.1) is 22.0 Å². The average molecular weight is 642 g/mol. The molecule has 0 unspecified atom stereocenters. The van der Waals surface area contributed by atoms with Crippen LogP contribution in [0.2, 0.25) is 0 Å². The van der Waals surface area contributed by atoms with Crippen molar-refractivity contribution in [3.05, 3.63) is 164 Å². The Morgan fingerprint density at radius 1 is 0.480 bits per heavy atom. The van der Waals surface area contributed by atoms with Crippen LogP contribution >= 0.6 is 0 Å². The molecule has 0 atom stereocenters. The van der Waals surface area contributed by atoms with Crippen molar-refractivity contribution < 1.29 is 4.42 Å². The maximum atomic E-state index is 6.77. The Morgan fingerprint density at radius 3 is 2.04 bits per heavy atom. The summed E-state index contributed by atoms with van der Waals surface area (Å²) in [7, 11) is 0. The molecule has 10 aromatic rings. The molecule has 0 N–H and O–H groups in total. The van der Waals surface area contributed by atoms with Crippen LogP contribution in [0.25, 0.3) is 94.9 Å². The highest BCUT2D eigenvalue weighted by Crippen LogP contribution is 2.43. The molecule has 0 fully saturated rings. The topological polar surface area (TPSA) is 69.6 Å². The lowest BCUT2D eigenvalue weighted by atomic mass is 10.0. The Kier molecular flexibility index (Phi) is 6.39. The Morgan fingerprint density at radius 2 is 1.18 bits per heavy atom. The lowest BCUT2D eigenvalue weighted by molar-refractivity contribution is 0.669. The Bertz CT molecular complexity index is 2860. The van der Waals surface area contributed by atoms with E-state index < -0.39 is 0 Å². The molecular weight excluding hydrogens is 615 g/mol. The summed E-state index contributed by atoms with van der Waals surface area (Å²) in [5.41, 5.74) is 9.42. The molecule has 0 radical (unpaired) electrons. The van der Waals surface area contributed by atoms with Crippen LogP contribution in [0.3, 0.4) is 0 Å². The first kappa shape index (κ1) is 28.1. The SMILES string of the molecule is c1ccc(-c2cccc(-c3nc(-c4ccccn4)nc(-c4cccc5c4oc4ccc6c7ccccc7n(-c7ccccc7)c6c45)n3)c2)cc1. The van der Waals surface area contributed by atoms with Gasteiger partial charge in [-0.25, -0.2) is 15.0 Å². The van der Waals surface area contributed by atoms with Gasteiger partial charge in [0.2, 0.25) is 0 Å². The van der Waals surface area contributed by atoms with Crippen LogP contribution in [0, 0.1) is 0 Å². The number of hydrogen-bond acceptors (Lipinski definition) is 5. The van der Waals surface area contributed by atoms with Crippen LogP contribution in [0.5, 0.6) is 0 Å². The van der Waals surface area contributed by atoms with E-state index in [-0.39, 0.29) is 0 Å². The number of pyridine rings is 1. The number of furan rings is 1. The van der Waals surface area contributed by atoms with Gasteiger partial charge in [-0.15, -0.1) is 0 Å². The van der Waals surface area contributed by atoms with Crippen LogP contribution in [0.4, 0.5) is 0 Å². The molecular formula is C44H27N5O. The number of nitrogens with zero attached hydrogens (tertiary/aromatic N) is 5. The third-order valence-corrected chi connectivity index (χ3v) is 9.31. The van der Waals surface area contributed by atoms with E-state index in [0.29, 0.717) is 23.2 Å².